The fourth-order valence-electron chi connectivity index (χ4n) is 1.36. The van der Waals surface area contributed by atoms with Gasteiger partial charge in [0, 0.05) is 24.8 Å². The molecule has 0 amide bonds. The van der Waals surface area contributed by atoms with E-state index < -0.39 is 0 Å². The summed E-state index contributed by atoms with van der Waals surface area (Å²) in [7, 11) is 0. The Labute approximate surface area is 82.2 Å². The minimum atomic E-state index is 0.230. The van der Waals surface area contributed by atoms with Crippen molar-refractivity contribution < 1.29 is 5.11 Å². The molecular formula is C10H11N3O. The number of rotatable bonds is 3. The second-order valence-corrected chi connectivity index (χ2v) is 3.47. The van der Waals surface area contributed by atoms with Gasteiger partial charge in [-0.3, -0.25) is 0 Å². The number of nitrogens with one attached hydrogen (secondary N) is 1. The molecule has 72 valence electrons. The number of hydrogen-bond donors (Lipinski definition) is 2. The number of anilines is 1. The van der Waals surface area contributed by atoms with Gasteiger partial charge in [-0.25, -0.2) is 4.98 Å². The van der Waals surface area contributed by atoms with E-state index >= 15 is 0 Å². The van der Waals surface area contributed by atoms with Crippen LogP contribution in [0.1, 0.15) is 12.0 Å². The van der Waals surface area contributed by atoms with Crippen LogP contribution in [-0.2, 0) is 0 Å². The Hall–Kier alpha value is -1.60. The zero-order valence-corrected chi connectivity index (χ0v) is 7.64. The molecule has 2 atom stereocenters. The number of pyridine rings is 1. The van der Waals surface area contributed by atoms with Crippen molar-refractivity contribution in [3.63, 3.8) is 0 Å². The highest BCUT2D eigenvalue weighted by Gasteiger charge is 2.36. The van der Waals surface area contributed by atoms with Crippen molar-refractivity contribution in [2.24, 2.45) is 5.92 Å². The van der Waals surface area contributed by atoms with E-state index in [0.717, 1.165) is 12.2 Å². The van der Waals surface area contributed by atoms with Gasteiger partial charge in [-0.05, 0) is 18.6 Å². The Balaban J connectivity index is 1.95. The number of nitriles is 1. The molecule has 2 N–H and O–H groups in total. The molecule has 1 heterocycles. The zero-order valence-electron chi connectivity index (χ0n) is 7.64. The standard InChI is InChI=1S/C10H11N3O/c11-4-7-1-2-10(12-5-7)13-9-3-8(9)6-14/h1-2,5,8-9,14H,3,6H2,(H,12,13)/t8-,9+/m0/s1. The maximum absolute atomic E-state index is 8.83. The van der Waals surface area contributed by atoms with E-state index in [2.05, 4.69) is 10.3 Å². The predicted molar refractivity (Wildman–Crippen MR) is 51.6 cm³/mol. The van der Waals surface area contributed by atoms with Crippen molar-refractivity contribution in [1.29, 1.82) is 5.26 Å². The first-order valence-corrected chi connectivity index (χ1v) is 4.57. The van der Waals surface area contributed by atoms with Crippen LogP contribution in [0.4, 0.5) is 5.82 Å². The van der Waals surface area contributed by atoms with Crippen molar-refractivity contribution in [2.45, 2.75) is 12.5 Å². The van der Waals surface area contributed by atoms with E-state index in [1.54, 1.807) is 18.3 Å². The summed E-state index contributed by atoms with van der Waals surface area (Å²) < 4.78 is 0. The fraction of sp³-hybridized carbons (Fsp3) is 0.400. The number of aliphatic hydroxyl groups excluding tert-OH is 1. The lowest BCUT2D eigenvalue weighted by molar-refractivity contribution is 0.275. The van der Waals surface area contributed by atoms with Gasteiger partial charge in [0.05, 0.1) is 5.56 Å². The fourth-order valence-corrected chi connectivity index (χ4v) is 1.36. The van der Waals surface area contributed by atoms with Gasteiger partial charge in [0.15, 0.2) is 0 Å². The maximum Gasteiger partial charge on any atom is 0.126 e. The van der Waals surface area contributed by atoms with Crippen molar-refractivity contribution >= 4 is 5.82 Å². The Morgan fingerprint density at radius 2 is 2.50 bits per heavy atom. The van der Waals surface area contributed by atoms with Crippen molar-refractivity contribution in [1.82, 2.24) is 4.98 Å². The molecule has 0 bridgehead atoms. The Morgan fingerprint density at radius 1 is 1.64 bits per heavy atom. The molecule has 14 heavy (non-hydrogen) atoms. The van der Waals surface area contributed by atoms with E-state index in [-0.39, 0.29) is 6.61 Å². The van der Waals surface area contributed by atoms with Crippen LogP contribution in [0.5, 0.6) is 0 Å². The molecule has 1 fully saturated rings. The Kier molecular flexibility index (Phi) is 2.33. The Bertz CT molecular complexity index is 355. The van der Waals surface area contributed by atoms with E-state index in [4.69, 9.17) is 10.4 Å². The van der Waals surface area contributed by atoms with E-state index in [1.165, 1.54) is 0 Å². The highest BCUT2D eigenvalue weighted by molar-refractivity contribution is 5.41. The smallest absolute Gasteiger partial charge is 0.126 e. The number of aromatic nitrogens is 1. The quantitative estimate of drug-likeness (QED) is 0.736. The van der Waals surface area contributed by atoms with E-state index in [9.17, 15) is 0 Å². The van der Waals surface area contributed by atoms with Crippen molar-refractivity contribution in [3.05, 3.63) is 23.9 Å². The maximum atomic E-state index is 8.83. The summed E-state index contributed by atoms with van der Waals surface area (Å²) in [6, 6.07) is 5.87. The second-order valence-electron chi connectivity index (χ2n) is 3.47. The molecule has 2 rings (SSSR count). The summed E-state index contributed by atoms with van der Waals surface area (Å²) >= 11 is 0. The molecule has 1 saturated carbocycles. The van der Waals surface area contributed by atoms with Crippen molar-refractivity contribution in [3.8, 4) is 6.07 Å². The summed E-state index contributed by atoms with van der Waals surface area (Å²) in [4.78, 5) is 4.08. The SMILES string of the molecule is N#Cc1ccc(N[C@@H]2C[C@H]2CO)nc1. The molecular weight excluding hydrogens is 178 g/mol. The normalized spacial score (nSPS) is 24.0. The van der Waals surface area contributed by atoms with Gasteiger partial charge in [-0.15, -0.1) is 0 Å². The molecule has 1 aromatic heterocycles. The average molecular weight is 189 g/mol. The summed E-state index contributed by atoms with van der Waals surface area (Å²) in [6.07, 6.45) is 2.54. The molecule has 4 heteroatoms. The van der Waals surface area contributed by atoms with Gasteiger partial charge >= 0.3 is 0 Å². The second kappa shape index (κ2) is 3.64. The Morgan fingerprint density at radius 3 is 3.00 bits per heavy atom. The molecule has 1 aromatic rings. The first kappa shape index (κ1) is 8.97. The topological polar surface area (TPSA) is 68.9 Å². The summed E-state index contributed by atoms with van der Waals surface area (Å²) in [6.45, 7) is 0.230. The molecule has 1 aliphatic carbocycles. The first-order valence-electron chi connectivity index (χ1n) is 4.57. The van der Waals surface area contributed by atoms with Gasteiger partial charge < -0.3 is 10.4 Å². The molecule has 0 spiro atoms. The molecule has 1 aliphatic rings. The minimum absolute atomic E-state index is 0.230. The molecule has 0 aliphatic heterocycles. The highest BCUT2D eigenvalue weighted by atomic mass is 16.3. The van der Waals surface area contributed by atoms with Crippen LogP contribution in [0.2, 0.25) is 0 Å². The monoisotopic (exact) mass is 189 g/mol. The van der Waals surface area contributed by atoms with Gasteiger partial charge in [0.2, 0.25) is 0 Å². The van der Waals surface area contributed by atoms with Crippen LogP contribution >= 0.6 is 0 Å². The first-order chi connectivity index (χ1) is 6.83. The van der Waals surface area contributed by atoms with Crippen LogP contribution in [0.25, 0.3) is 0 Å². The van der Waals surface area contributed by atoms with Gasteiger partial charge in [-0.2, -0.15) is 5.26 Å². The lowest BCUT2D eigenvalue weighted by Gasteiger charge is -2.03. The molecule has 4 nitrogen and oxygen atoms in total. The molecule has 0 unspecified atom stereocenters. The number of aliphatic hydroxyl groups is 1. The van der Waals surface area contributed by atoms with Crippen LogP contribution in [0.15, 0.2) is 18.3 Å². The third-order valence-corrected chi connectivity index (χ3v) is 2.38. The van der Waals surface area contributed by atoms with Crippen molar-refractivity contribution in [2.75, 3.05) is 11.9 Å². The zero-order chi connectivity index (χ0) is 9.97. The molecule has 0 aromatic carbocycles. The lowest BCUT2D eigenvalue weighted by Crippen LogP contribution is -2.07. The molecule has 0 saturated heterocycles. The van der Waals surface area contributed by atoms with Crippen LogP contribution < -0.4 is 5.32 Å². The van der Waals surface area contributed by atoms with Gasteiger partial charge in [0.25, 0.3) is 0 Å². The summed E-state index contributed by atoms with van der Waals surface area (Å²) in [5.41, 5.74) is 0.560. The van der Waals surface area contributed by atoms with Gasteiger partial charge in [0.1, 0.15) is 11.9 Å². The van der Waals surface area contributed by atoms with E-state index in [1.807, 2.05) is 6.07 Å². The summed E-state index contributed by atoms with van der Waals surface area (Å²) in [5, 5.41) is 20.6. The lowest BCUT2D eigenvalue weighted by atomic mass is 10.3. The predicted octanol–water partition coefficient (Wildman–Crippen LogP) is 0.746. The summed E-state index contributed by atoms with van der Waals surface area (Å²) in [5.74, 6) is 1.14. The van der Waals surface area contributed by atoms with Crippen LogP contribution in [0.3, 0.4) is 0 Å². The minimum Gasteiger partial charge on any atom is -0.396 e. The van der Waals surface area contributed by atoms with Gasteiger partial charge in [-0.1, -0.05) is 0 Å². The number of hydrogen-bond acceptors (Lipinski definition) is 4. The van der Waals surface area contributed by atoms with Crippen LogP contribution in [0, 0.1) is 17.2 Å². The van der Waals surface area contributed by atoms with E-state index in [0.29, 0.717) is 17.5 Å². The highest BCUT2D eigenvalue weighted by Crippen LogP contribution is 2.32. The van der Waals surface area contributed by atoms with Crippen LogP contribution in [-0.4, -0.2) is 22.7 Å². The third kappa shape index (κ3) is 1.83. The number of nitrogens with zero attached hydrogens (tertiary/aromatic N) is 2. The molecule has 0 radical (unpaired) electrons. The third-order valence-electron chi connectivity index (χ3n) is 2.38. The largest absolute Gasteiger partial charge is 0.396 e. The average Bonchev–Trinajstić information content (AvgIpc) is 2.98.